The predicted molar refractivity (Wildman–Crippen MR) is 98.9 cm³/mol. The van der Waals surface area contributed by atoms with E-state index < -0.39 is 0 Å². The quantitative estimate of drug-likeness (QED) is 0.534. The van der Waals surface area contributed by atoms with Crippen LogP contribution in [0.5, 0.6) is 0 Å². The Hall–Kier alpha value is -2.80. The van der Waals surface area contributed by atoms with E-state index in [4.69, 9.17) is 0 Å². The summed E-state index contributed by atoms with van der Waals surface area (Å²) >= 11 is 3.40. The minimum Gasteiger partial charge on any atom is -0.293 e. The van der Waals surface area contributed by atoms with Gasteiger partial charge >= 0.3 is 0 Å². The van der Waals surface area contributed by atoms with Crippen LogP contribution in [0.1, 0.15) is 11.1 Å². The van der Waals surface area contributed by atoms with Crippen molar-refractivity contribution in [3.63, 3.8) is 0 Å². The van der Waals surface area contributed by atoms with Gasteiger partial charge in [0.25, 0.3) is 5.56 Å². The smallest absolute Gasteiger partial charge is 0.283 e. The van der Waals surface area contributed by atoms with E-state index in [0.717, 1.165) is 21.3 Å². The van der Waals surface area contributed by atoms with Gasteiger partial charge in [-0.1, -0.05) is 51.0 Å². The number of benzene rings is 2. The highest BCUT2D eigenvalue weighted by Crippen LogP contribution is 2.16. The molecule has 2 heterocycles. The van der Waals surface area contributed by atoms with Crippen molar-refractivity contribution in [1.82, 2.24) is 24.5 Å². The van der Waals surface area contributed by atoms with Crippen molar-refractivity contribution < 1.29 is 0 Å². The van der Waals surface area contributed by atoms with Gasteiger partial charge in [0, 0.05) is 4.47 Å². The lowest BCUT2D eigenvalue weighted by atomic mass is 10.1. The standard InChI is InChI=1S/C18H14BrN5O/c1-12-3-2-4-13(9-12)10-23-11-20-17-16(18(23)25)21-22-24(17)15-7-5-14(19)6-8-15/h2-9,11H,10H2,1H3. The molecule has 7 heteroatoms. The van der Waals surface area contributed by atoms with Crippen LogP contribution in [0.4, 0.5) is 0 Å². The molecular weight excluding hydrogens is 382 g/mol. The Balaban J connectivity index is 1.77. The highest BCUT2D eigenvalue weighted by molar-refractivity contribution is 9.10. The van der Waals surface area contributed by atoms with Gasteiger partial charge in [-0.3, -0.25) is 9.36 Å². The molecule has 0 bridgehead atoms. The van der Waals surface area contributed by atoms with Crippen molar-refractivity contribution in [3.05, 3.63) is 80.8 Å². The zero-order chi connectivity index (χ0) is 17.4. The van der Waals surface area contributed by atoms with E-state index in [-0.39, 0.29) is 11.1 Å². The van der Waals surface area contributed by atoms with E-state index in [2.05, 4.69) is 37.3 Å². The lowest BCUT2D eigenvalue weighted by Crippen LogP contribution is -2.21. The summed E-state index contributed by atoms with van der Waals surface area (Å²) in [6.07, 6.45) is 1.55. The summed E-state index contributed by atoms with van der Waals surface area (Å²) in [5.74, 6) is 0. The lowest BCUT2D eigenvalue weighted by Gasteiger charge is -2.06. The number of nitrogens with zero attached hydrogens (tertiary/aromatic N) is 5. The van der Waals surface area contributed by atoms with Gasteiger partial charge in [0.05, 0.1) is 12.2 Å². The Morgan fingerprint density at radius 2 is 1.92 bits per heavy atom. The summed E-state index contributed by atoms with van der Waals surface area (Å²) in [6, 6.07) is 15.6. The number of fused-ring (bicyclic) bond motifs is 1. The van der Waals surface area contributed by atoms with Crippen LogP contribution in [-0.2, 0) is 6.54 Å². The number of hydrogen-bond acceptors (Lipinski definition) is 4. The first kappa shape index (κ1) is 15.7. The molecule has 2 aromatic heterocycles. The fraction of sp³-hybridized carbons (Fsp3) is 0.111. The van der Waals surface area contributed by atoms with Gasteiger partial charge in [-0.05, 0) is 36.8 Å². The SMILES string of the molecule is Cc1cccc(Cn2cnc3c(nnn3-c3ccc(Br)cc3)c2=O)c1. The van der Waals surface area contributed by atoms with Gasteiger partial charge in [-0.25, -0.2) is 4.98 Å². The van der Waals surface area contributed by atoms with Crippen molar-refractivity contribution >= 4 is 27.1 Å². The molecule has 124 valence electrons. The van der Waals surface area contributed by atoms with E-state index in [1.54, 1.807) is 15.6 Å². The van der Waals surface area contributed by atoms with Gasteiger partial charge in [-0.15, -0.1) is 5.10 Å². The van der Waals surface area contributed by atoms with Gasteiger partial charge in [0.15, 0.2) is 11.2 Å². The molecular formula is C18H14BrN5O. The molecule has 2 aromatic carbocycles. The average Bonchev–Trinajstić information content (AvgIpc) is 3.03. The highest BCUT2D eigenvalue weighted by atomic mass is 79.9. The van der Waals surface area contributed by atoms with Gasteiger partial charge in [-0.2, -0.15) is 4.68 Å². The van der Waals surface area contributed by atoms with Crippen LogP contribution in [0, 0.1) is 6.92 Å². The number of halogens is 1. The third-order valence-corrected chi connectivity index (χ3v) is 4.46. The van der Waals surface area contributed by atoms with Crippen LogP contribution in [-0.4, -0.2) is 24.5 Å². The van der Waals surface area contributed by atoms with Crippen LogP contribution in [0.3, 0.4) is 0 Å². The molecule has 0 unspecified atom stereocenters. The first-order valence-corrected chi connectivity index (χ1v) is 8.53. The Morgan fingerprint density at radius 1 is 1.12 bits per heavy atom. The molecule has 4 aromatic rings. The fourth-order valence-electron chi connectivity index (χ4n) is 2.72. The maximum absolute atomic E-state index is 12.7. The van der Waals surface area contributed by atoms with Crippen molar-refractivity contribution in [2.75, 3.05) is 0 Å². The van der Waals surface area contributed by atoms with E-state index in [0.29, 0.717) is 12.2 Å². The van der Waals surface area contributed by atoms with Gasteiger partial charge < -0.3 is 0 Å². The third-order valence-electron chi connectivity index (χ3n) is 3.94. The molecule has 0 aliphatic rings. The lowest BCUT2D eigenvalue weighted by molar-refractivity contribution is 0.744. The molecule has 0 saturated heterocycles. The van der Waals surface area contributed by atoms with Gasteiger partial charge in [0.1, 0.15) is 6.33 Å². The van der Waals surface area contributed by atoms with Crippen LogP contribution in [0.25, 0.3) is 16.9 Å². The summed E-state index contributed by atoms with van der Waals surface area (Å²) in [5.41, 5.74) is 3.51. The number of rotatable bonds is 3. The summed E-state index contributed by atoms with van der Waals surface area (Å²) in [7, 11) is 0. The second kappa shape index (κ2) is 6.25. The Bertz CT molecular complexity index is 1110. The summed E-state index contributed by atoms with van der Waals surface area (Å²) in [4.78, 5) is 17.1. The third kappa shape index (κ3) is 2.98. The first-order chi connectivity index (χ1) is 12.1. The summed E-state index contributed by atoms with van der Waals surface area (Å²) < 4.78 is 4.09. The molecule has 0 saturated carbocycles. The molecule has 0 fully saturated rings. The van der Waals surface area contributed by atoms with Gasteiger partial charge in [0.2, 0.25) is 0 Å². The largest absolute Gasteiger partial charge is 0.293 e. The number of aryl methyl sites for hydroxylation is 1. The molecule has 0 radical (unpaired) electrons. The number of aromatic nitrogens is 5. The van der Waals surface area contributed by atoms with Crippen molar-refractivity contribution in [3.8, 4) is 5.69 Å². The second-order valence-electron chi connectivity index (χ2n) is 5.82. The molecule has 0 N–H and O–H groups in total. The molecule has 0 atom stereocenters. The highest BCUT2D eigenvalue weighted by Gasteiger charge is 2.13. The summed E-state index contributed by atoms with van der Waals surface area (Å²) in [6.45, 7) is 2.48. The maximum Gasteiger partial charge on any atom is 0.283 e. The van der Waals surface area contributed by atoms with E-state index in [9.17, 15) is 4.79 Å². The predicted octanol–water partition coefficient (Wildman–Crippen LogP) is 3.10. The zero-order valence-electron chi connectivity index (χ0n) is 13.4. The fourth-order valence-corrected chi connectivity index (χ4v) is 2.98. The molecule has 0 aliphatic carbocycles. The molecule has 0 amide bonds. The summed E-state index contributed by atoms with van der Waals surface area (Å²) in [5, 5.41) is 8.14. The van der Waals surface area contributed by atoms with E-state index in [1.165, 1.54) is 0 Å². The van der Waals surface area contributed by atoms with Crippen LogP contribution >= 0.6 is 15.9 Å². The Morgan fingerprint density at radius 3 is 2.68 bits per heavy atom. The van der Waals surface area contributed by atoms with Crippen molar-refractivity contribution in [2.24, 2.45) is 0 Å². The average molecular weight is 396 g/mol. The van der Waals surface area contributed by atoms with Crippen molar-refractivity contribution in [1.29, 1.82) is 0 Å². The zero-order valence-corrected chi connectivity index (χ0v) is 15.0. The van der Waals surface area contributed by atoms with E-state index in [1.807, 2.05) is 49.4 Å². The molecule has 0 spiro atoms. The topological polar surface area (TPSA) is 65.6 Å². The minimum atomic E-state index is -0.199. The van der Waals surface area contributed by atoms with Crippen molar-refractivity contribution in [2.45, 2.75) is 13.5 Å². The normalized spacial score (nSPS) is 11.1. The molecule has 0 aliphatic heterocycles. The monoisotopic (exact) mass is 395 g/mol. The number of hydrogen-bond donors (Lipinski definition) is 0. The van der Waals surface area contributed by atoms with E-state index >= 15 is 0 Å². The first-order valence-electron chi connectivity index (χ1n) is 7.74. The van der Waals surface area contributed by atoms with Crippen LogP contribution < -0.4 is 5.56 Å². The molecule has 4 rings (SSSR count). The van der Waals surface area contributed by atoms with Crippen LogP contribution in [0.15, 0.2) is 64.1 Å². The minimum absolute atomic E-state index is 0.199. The molecule has 6 nitrogen and oxygen atoms in total. The molecule has 25 heavy (non-hydrogen) atoms. The Labute approximate surface area is 151 Å². The Kier molecular flexibility index (Phi) is 3.93. The second-order valence-corrected chi connectivity index (χ2v) is 6.73. The van der Waals surface area contributed by atoms with Crippen LogP contribution in [0.2, 0.25) is 0 Å². The maximum atomic E-state index is 12.7.